The molecular weight excluding hydrogens is 342 g/mol. The molecule has 4 aromatic rings. The molecule has 4 rings (SSSR count). The van der Waals surface area contributed by atoms with Crippen molar-refractivity contribution in [3.63, 3.8) is 0 Å². The van der Waals surface area contributed by atoms with Crippen molar-refractivity contribution in [1.82, 2.24) is 9.38 Å². The maximum Gasteiger partial charge on any atom is 0.270 e. The van der Waals surface area contributed by atoms with Crippen LogP contribution in [0.4, 0.5) is 5.69 Å². The topological polar surface area (TPSA) is 72.7 Å². The molecule has 2 aromatic carbocycles. The first kappa shape index (κ1) is 16.5. The lowest BCUT2D eigenvalue weighted by molar-refractivity contribution is 0.102. The van der Waals surface area contributed by atoms with E-state index in [1.54, 1.807) is 48.7 Å². The number of fused-ring (bicyclic) bond motifs is 1. The summed E-state index contributed by atoms with van der Waals surface area (Å²) in [5, 5.41) is 2.74. The Morgan fingerprint density at radius 3 is 2.52 bits per heavy atom. The minimum absolute atomic E-state index is 0.0479. The van der Waals surface area contributed by atoms with E-state index in [1.165, 1.54) is 10.6 Å². The van der Waals surface area contributed by atoms with E-state index >= 15 is 0 Å². The maximum absolute atomic E-state index is 12.7. The molecule has 0 saturated carbocycles. The van der Waals surface area contributed by atoms with Gasteiger partial charge in [-0.05, 0) is 36.4 Å². The minimum atomic E-state index is -0.546. The summed E-state index contributed by atoms with van der Waals surface area (Å²) in [5.74, 6) is 0.576. The van der Waals surface area contributed by atoms with E-state index in [4.69, 9.17) is 4.74 Å². The van der Waals surface area contributed by atoms with E-state index < -0.39 is 11.5 Å². The molecule has 0 saturated heterocycles. The maximum atomic E-state index is 12.7. The Morgan fingerprint density at radius 2 is 1.67 bits per heavy atom. The molecule has 0 radical (unpaired) electrons. The second-order valence-corrected chi connectivity index (χ2v) is 5.77. The summed E-state index contributed by atoms with van der Waals surface area (Å²) in [6.45, 7) is 0. The molecule has 0 aliphatic carbocycles. The van der Waals surface area contributed by atoms with Gasteiger partial charge in [0.1, 0.15) is 17.0 Å². The molecule has 0 aliphatic rings. The number of nitrogens with zero attached hydrogens (tertiary/aromatic N) is 2. The molecule has 2 aromatic heterocycles. The zero-order chi connectivity index (χ0) is 18.6. The number of para-hydroxylation sites is 3. The van der Waals surface area contributed by atoms with Crippen LogP contribution in [0.1, 0.15) is 10.4 Å². The number of anilines is 1. The van der Waals surface area contributed by atoms with Crippen molar-refractivity contribution in [2.75, 3.05) is 5.32 Å². The van der Waals surface area contributed by atoms with Crippen LogP contribution in [0.2, 0.25) is 0 Å². The van der Waals surface area contributed by atoms with E-state index in [9.17, 15) is 9.59 Å². The smallest absolute Gasteiger partial charge is 0.270 e. The molecule has 27 heavy (non-hydrogen) atoms. The highest BCUT2D eigenvalue weighted by Gasteiger charge is 2.15. The van der Waals surface area contributed by atoms with Gasteiger partial charge in [0.2, 0.25) is 0 Å². The van der Waals surface area contributed by atoms with Crippen LogP contribution in [0, 0.1) is 0 Å². The first-order valence-corrected chi connectivity index (χ1v) is 8.32. The highest BCUT2D eigenvalue weighted by Crippen LogP contribution is 2.29. The van der Waals surface area contributed by atoms with Crippen LogP contribution >= 0.6 is 0 Å². The molecule has 132 valence electrons. The quantitative estimate of drug-likeness (QED) is 0.604. The normalized spacial score (nSPS) is 10.5. The molecule has 0 atom stereocenters. The van der Waals surface area contributed by atoms with Crippen molar-refractivity contribution in [2.45, 2.75) is 0 Å². The van der Waals surface area contributed by atoms with Crippen molar-refractivity contribution in [2.24, 2.45) is 0 Å². The Hall–Kier alpha value is -3.93. The highest BCUT2D eigenvalue weighted by molar-refractivity contribution is 6.04. The largest absolute Gasteiger partial charge is 0.455 e. The summed E-state index contributed by atoms with van der Waals surface area (Å²) in [6, 6.07) is 21.5. The summed E-state index contributed by atoms with van der Waals surface area (Å²) in [6.07, 6.45) is 2.86. The molecule has 1 N–H and O–H groups in total. The average molecular weight is 357 g/mol. The van der Waals surface area contributed by atoms with Crippen LogP contribution in [0.5, 0.6) is 11.5 Å². The number of rotatable bonds is 4. The van der Waals surface area contributed by atoms with Gasteiger partial charge in [-0.25, -0.2) is 4.98 Å². The molecule has 0 unspecified atom stereocenters. The monoisotopic (exact) mass is 357 g/mol. The Balaban J connectivity index is 1.64. The van der Waals surface area contributed by atoms with Gasteiger partial charge < -0.3 is 10.1 Å². The van der Waals surface area contributed by atoms with Crippen LogP contribution < -0.4 is 15.6 Å². The second-order valence-electron chi connectivity index (χ2n) is 5.77. The Morgan fingerprint density at radius 1 is 0.926 bits per heavy atom. The fraction of sp³-hybridized carbons (Fsp3) is 0. The van der Waals surface area contributed by atoms with Gasteiger partial charge in [0.15, 0.2) is 5.75 Å². The molecule has 0 bridgehead atoms. The fourth-order valence-corrected chi connectivity index (χ4v) is 2.65. The molecule has 6 nitrogen and oxygen atoms in total. The SMILES string of the molecule is O=C(Nc1ccccc1Oc1ccccc1)c1cnc2ccccn2c1=O. The van der Waals surface area contributed by atoms with E-state index in [2.05, 4.69) is 10.3 Å². The fourth-order valence-electron chi connectivity index (χ4n) is 2.65. The van der Waals surface area contributed by atoms with Gasteiger partial charge in [-0.15, -0.1) is 0 Å². The van der Waals surface area contributed by atoms with Gasteiger partial charge in [0.25, 0.3) is 11.5 Å². The van der Waals surface area contributed by atoms with Crippen LogP contribution in [0.15, 0.2) is 90.0 Å². The van der Waals surface area contributed by atoms with Crippen molar-refractivity contribution >= 4 is 17.2 Å². The molecule has 0 fully saturated rings. The van der Waals surface area contributed by atoms with E-state index in [0.29, 0.717) is 22.8 Å². The number of carbonyl (C=O) groups is 1. The zero-order valence-electron chi connectivity index (χ0n) is 14.2. The number of pyridine rings is 1. The zero-order valence-corrected chi connectivity index (χ0v) is 14.2. The third-order valence-electron chi connectivity index (χ3n) is 3.96. The number of hydrogen-bond acceptors (Lipinski definition) is 4. The molecule has 0 spiro atoms. The second kappa shape index (κ2) is 7.13. The number of ether oxygens (including phenoxy) is 1. The molecule has 6 heteroatoms. The van der Waals surface area contributed by atoms with Gasteiger partial charge in [-0.2, -0.15) is 0 Å². The Labute approximate surface area is 154 Å². The molecule has 1 amide bonds. The number of hydrogen-bond donors (Lipinski definition) is 1. The minimum Gasteiger partial charge on any atom is -0.455 e. The summed E-state index contributed by atoms with van der Waals surface area (Å²) in [4.78, 5) is 29.4. The number of aromatic nitrogens is 2. The van der Waals surface area contributed by atoms with E-state index in [-0.39, 0.29) is 5.56 Å². The highest BCUT2D eigenvalue weighted by atomic mass is 16.5. The standard InChI is InChI=1S/C21H15N3O3/c25-20(16-14-22-19-12-6-7-13-24(19)21(16)26)23-17-10-4-5-11-18(17)27-15-8-2-1-3-9-15/h1-14H,(H,23,25). The summed E-state index contributed by atoms with van der Waals surface area (Å²) >= 11 is 0. The summed E-state index contributed by atoms with van der Waals surface area (Å²) in [5.41, 5.74) is 0.462. The van der Waals surface area contributed by atoms with Gasteiger partial charge in [0, 0.05) is 12.4 Å². The lowest BCUT2D eigenvalue weighted by atomic mass is 10.2. The van der Waals surface area contributed by atoms with Gasteiger partial charge in [-0.3, -0.25) is 14.0 Å². The third-order valence-corrected chi connectivity index (χ3v) is 3.96. The van der Waals surface area contributed by atoms with Crippen LogP contribution in [0.25, 0.3) is 5.65 Å². The Bertz CT molecular complexity index is 1170. The molecular formula is C21H15N3O3. The predicted octanol–water partition coefficient (Wildman–Crippen LogP) is 3.74. The number of carbonyl (C=O) groups excluding carboxylic acids is 1. The molecule has 0 aliphatic heterocycles. The van der Waals surface area contributed by atoms with Crippen molar-refractivity contribution in [3.05, 3.63) is 101 Å². The number of benzene rings is 2. The third kappa shape index (κ3) is 3.41. The number of amides is 1. The van der Waals surface area contributed by atoms with Gasteiger partial charge in [-0.1, -0.05) is 36.4 Å². The summed E-state index contributed by atoms with van der Waals surface area (Å²) in [7, 11) is 0. The summed E-state index contributed by atoms with van der Waals surface area (Å²) < 4.78 is 7.17. The number of nitrogens with one attached hydrogen (secondary N) is 1. The predicted molar refractivity (Wildman–Crippen MR) is 102 cm³/mol. The van der Waals surface area contributed by atoms with Crippen LogP contribution in [-0.2, 0) is 0 Å². The van der Waals surface area contributed by atoms with Crippen molar-refractivity contribution in [1.29, 1.82) is 0 Å². The lowest BCUT2D eigenvalue weighted by Crippen LogP contribution is -2.26. The van der Waals surface area contributed by atoms with Gasteiger partial charge in [0.05, 0.1) is 5.69 Å². The average Bonchev–Trinajstić information content (AvgIpc) is 2.71. The van der Waals surface area contributed by atoms with Crippen LogP contribution in [-0.4, -0.2) is 15.3 Å². The van der Waals surface area contributed by atoms with Gasteiger partial charge >= 0.3 is 0 Å². The lowest BCUT2D eigenvalue weighted by Gasteiger charge is -2.12. The Kier molecular flexibility index (Phi) is 4.37. The van der Waals surface area contributed by atoms with Crippen LogP contribution in [0.3, 0.4) is 0 Å². The van der Waals surface area contributed by atoms with E-state index in [0.717, 1.165) is 0 Å². The first-order chi connectivity index (χ1) is 13.2. The molecule has 2 heterocycles. The van der Waals surface area contributed by atoms with Crippen molar-refractivity contribution < 1.29 is 9.53 Å². The first-order valence-electron chi connectivity index (χ1n) is 8.32. The van der Waals surface area contributed by atoms with E-state index in [1.807, 2.05) is 30.3 Å². The van der Waals surface area contributed by atoms with Crippen molar-refractivity contribution in [3.8, 4) is 11.5 Å².